The van der Waals surface area contributed by atoms with Crippen molar-refractivity contribution < 1.29 is 0 Å². The van der Waals surface area contributed by atoms with E-state index < -0.39 is 0 Å². The number of halogens is 1. The summed E-state index contributed by atoms with van der Waals surface area (Å²) in [6, 6.07) is 0. The zero-order chi connectivity index (χ0) is 12.7. The molecule has 0 bridgehead atoms. The summed E-state index contributed by atoms with van der Waals surface area (Å²) in [6.07, 6.45) is 8.40. The molecule has 0 N–H and O–H groups in total. The summed E-state index contributed by atoms with van der Waals surface area (Å²) < 4.78 is 0. The third-order valence-electron chi connectivity index (χ3n) is 3.95. The zero-order valence-electron chi connectivity index (χ0n) is 11.8. The van der Waals surface area contributed by atoms with Crippen LogP contribution in [0.4, 0.5) is 0 Å². The molecule has 1 fully saturated rings. The average molecular weight is 305 g/mol. The van der Waals surface area contributed by atoms with Gasteiger partial charge in [-0.2, -0.15) is 0 Å². The standard InChI is InChI=1S/C14H29BrN2/c1-16(2)10-7-11-17(3)13-14(12-15)8-5-4-6-9-14/h4-13H2,1-3H3. The fraction of sp³-hybridized carbons (Fsp3) is 1.00. The maximum absolute atomic E-state index is 3.75. The molecule has 0 aromatic heterocycles. The van der Waals surface area contributed by atoms with Crippen molar-refractivity contribution in [3.63, 3.8) is 0 Å². The van der Waals surface area contributed by atoms with Crippen LogP contribution in [0.15, 0.2) is 0 Å². The highest BCUT2D eigenvalue weighted by Crippen LogP contribution is 2.38. The van der Waals surface area contributed by atoms with Crippen LogP contribution in [-0.4, -0.2) is 55.9 Å². The van der Waals surface area contributed by atoms with E-state index >= 15 is 0 Å². The topological polar surface area (TPSA) is 6.48 Å². The molecule has 102 valence electrons. The second kappa shape index (κ2) is 7.75. The van der Waals surface area contributed by atoms with Gasteiger partial charge in [0.15, 0.2) is 0 Å². The molecule has 0 heterocycles. The summed E-state index contributed by atoms with van der Waals surface area (Å²) in [7, 11) is 6.59. The van der Waals surface area contributed by atoms with Crippen LogP contribution in [0.5, 0.6) is 0 Å². The monoisotopic (exact) mass is 304 g/mol. The van der Waals surface area contributed by atoms with Gasteiger partial charge in [0, 0.05) is 11.9 Å². The fourth-order valence-electron chi connectivity index (χ4n) is 2.94. The Morgan fingerprint density at radius 3 is 2.18 bits per heavy atom. The van der Waals surface area contributed by atoms with E-state index in [0.29, 0.717) is 5.41 Å². The van der Waals surface area contributed by atoms with Crippen LogP contribution in [0.2, 0.25) is 0 Å². The predicted molar refractivity (Wildman–Crippen MR) is 80.0 cm³/mol. The molecule has 0 unspecified atom stereocenters. The highest BCUT2D eigenvalue weighted by molar-refractivity contribution is 9.09. The van der Waals surface area contributed by atoms with Crippen LogP contribution >= 0.6 is 15.9 Å². The SMILES string of the molecule is CN(C)CCCN(C)CC1(CBr)CCCCC1. The molecule has 0 spiro atoms. The first kappa shape index (κ1) is 15.5. The summed E-state index contributed by atoms with van der Waals surface area (Å²) in [5.74, 6) is 0. The fourth-order valence-corrected chi connectivity index (χ4v) is 3.68. The molecule has 0 radical (unpaired) electrons. The number of hydrogen-bond acceptors (Lipinski definition) is 2. The van der Waals surface area contributed by atoms with Crippen LogP contribution in [0.1, 0.15) is 38.5 Å². The van der Waals surface area contributed by atoms with Crippen molar-refractivity contribution in [3.8, 4) is 0 Å². The van der Waals surface area contributed by atoms with Crippen molar-refractivity contribution >= 4 is 15.9 Å². The van der Waals surface area contributed by atoms with E-state index in [9.17, 15) is 0 Å². The summed E-state index contributed by atoms with van der Waals surface area (Å²) in [6.45, 7) is 3.70. The summed E-state index contributed by atoms with van der Waals surface area (Å²) in [4.78, 5) is 4.81. The number of rotatable bonds is 7. The number of hydrogen-bond donors (Lipinski definition) is 0. The minimum absolute atomic E-state index is 0.561. The van der Waals surface area contributed by atoms with E-state index in [1.165, 1.54) is 63.5 Å². The van der Waals surface area contributed by atoms with Crippen molar-refractivity contribution in [1.29, 1.82) is 0 Å². The maximum atomic E-state index is 3.75. The van der Waals surface area contributed by atoms with Crippen LogP contribution in [0.3, 0.4) is 0 Å². The smallest absolute Gasteiger partial charge is 0.0100 e. The molecule has 0 amide bonds. The molecular formula is C14H29BrN2. The molecule has 1 rings (SSSR count). The van der Waals surface area contributed by atoms with Gasteiger partial charge in [0.1, 0.15) is 0 Å². The van der Waals surface area contributed by atoms with Gasteiger partial charge in [0.05, 0.1) is 0 Å². The number of alkyl halides is 1. The van der Waals surface area contributed by atoms with Crippen LogP contribution in [0.25, 0.3) is 0 Å². The Bertz CT molecular complexity index is 200. The van der Waals surface area contributed by atoms with Crippen molar-refractivity contribution in [2.75, 3.05) is 46.1 Å². The van der Waals surface area contributed by atoms with Gasteiger partial charge < -0.3 is 9.80 Å². The Balaban J connectivity index is 2.29. The van der Waals surface area contributed by atoms with Crippen molar-refractivity contribution in [3.05, 3.63) is 0 Å². The lowest BCUT2D eigenvalue weighted by atomic mass is 9.75. The van der Waals surface area contributed by atoms with E-state index in [-0.39, 0.29) is 0 Å². The van der Waals surface area contributed by atoms with Crippen molar-refractivity contribution in [1.82, 2.24) is 9.80 Å². The van der Waals surface area contributed by atoms with Gasteiger partial charge >= 0.3 is 0 Å². The first-order valence-corrected chi connectivity index (χ1v) is 8.09. The van der Waals surface area contributed by atoms with Gasteiger partial charge in [-0.3, -0.25) is 0 Å². The van der Waals surface area contributed by atoms with Crippen LogP contribution in [-0.2, 0) is 0 Å². The molecule has 1 aliphatic rings. The van der Waals surface area contributed by atoms with Crippen molar-refractivity contribution in [2.45, 2.75) is 38.5 Å². The first-order valence-electron chi connectivity index (χ1n) is 6.97. The third-order valence-corrected chi connectivity index (χ3v) is 5.14. The van der Waals surface area contributed by atoms with E-state index in [0.717, 1.165) is 0 Å². The van der Waals surface area contributed by atoms with Gasteiger partial charge in [-0.05, 0) is 58.9 Å². The largest absolute Gasteiger partial charge is 0.309 e. The lowest BCUT2D eigenvalue weighted by molar-refractivity contribution is 0.142. The lowest BCUT2D eigenvalue weighted by Gasteiger charge is -2.39. The molecule has 1 aliphatic carbocycles. The van der Waals surface area contributed by atoms with Gasteiger partial charge in [-0.1, -0.05) is 35.2 Å². The Kier molecular flexibility index (Phi) is 7.05. The van der Waals surface area contributed by atoms with Crippen LogP contribution in [0, 0.1) is 5.41 Å². The van der Waals surface area contributed by atoms with E-state index in [1.807, 2.05) is 0 Å². The lowest BCUT2D eigenvalue weighted by Crippen LogP contribution is -2.39. The molecule has 0 aromatic rings. The molecule has 0 saturated heterocycles. The molecule has 1 saturated carbocycles. The maximum Gasteiger partial charge on any atom is 0.0100 e. The zero-order valence-corrected chi connectivity index (χ0v) is 13.4. The summed E-state index contributed by atoms with van der Waals surface area (Å²) >= 11 is 3.75. The Morgan fingerprint density at radius 1 is 1.00 bits per heavy atom. The van der Waals surface area contributed by atoms with Crippen LogP contribution < -0.4 is 0 Å². The molecule has 3 heteroatoms. The minimum atomic E-state index is 0.561. The van der Waals surface area contributed by atoms with Gasteiger partial charge in [-0.25, -0.2) is 0 Å². The first-order chi connectivity index (χ1) is 8.08. The molecular weight excluding hydrogens is 276 g/mol. The Labute approximate surface area is 116 Å². The van der Waals surface area contributed by atoms with Gasteiger partial charge in [0.2, 0.25) is 0 Å². The highest BCUT2D eigenvalue weighted by atomic mass is 79.9. The second-order valence-electron chi connectivity index (χ2n) is 6.09. The molecule has 0 aromatic carbocycles. The quantitative estimate of drug-likeness (QED) is 0.666. The Morgan fingerprint density at radius 2 is 1.65 bits per heavy atom. The van der Waals surface area contributed by atoms with Gasteiger partial charge in [-0.15, -0.1) is 0 Å². The van der Waals surface area contributed by atoms with E-state index in [1.54, 1.807) is 0 Å². The van der Waals surface area contributed by atoms with Gasteiger partial charge in [0.25, 0.3) is 0 Å². The Hall–Kier alpha value is 0.400. The van der Waals surface area contributed by atoms with Crippen molar-refractivity contribution in [2.24, 2.45) is 5.41 Å². The molecule has 17 heavy (non-hydrogen) atoms. The molecule has 2 nitrogen and oxygen atoms in total. The summed E-state index contributed by atoms with van der Waals surface area (Å²) in [5, 5.41) is 1.18. The van der Waals surface area contributed by atoms with E-state index in [4.69, 9.17) is 0 Å². The second-order valence-corrected chi connectivity index (χ2v) is 6.65. The minimum Gasteiger partial charge on any atom is -0.309 e. The molecule has 0 aliphatic heterocycles. The predicted octanol–water partition coefficient (Wildman–Crippen LogP) is 3.22. The van der Waals surface area contributed by atoms with E-state index in [2.05, 4.69) is 46.9 Å². The summed E-state index contributed by atoms with van der Waals surface area (Å²) in [5.41, 5.74) is 0.561. The normalized spacial score (nSPS) is 20.1. The average Bonchev–Trinajstić information content (AvgIpc) is 2.29. The molecule has 0 atom stereocenters. The number of nitrogens with zero attached hydrogens (tertiary/aromatic N) is 2. The third kappa shape index (κ3) is 5.71. The highest BCUT2D eigenvalue weighted by Gasteiger charge is 2.31.